The molecule has 0 spiro atoms. The SMILES string of the molecule is CCN1CCCC(Cc2nc3ccc(C=O)cn3n2)C1. The van der Waals surface area contributed by atoms with Gasteiger partial charge in [-0.15, -0.1) is 0 Å². The lowest BCUT2D eigenvalue weighted by Crippen LogP contribution is -2.36. The van der Waals surface area contributed by atoms with Crippen LogP contribution in [0.5, 0.6) is 0 Å². The molecule has 0 N–H and O–H groups in total. The zero-order valence-electron chi connectivity index (χ0n) is 11.8. The van der Waals surface area contributed by atoms with E-state index in [-0.39, 0.29) is 0 Å². The van der Waals surface area contributed by atoms with Gasteiger partial charge in [0.25, 0.3) is 0 Å². The first-order valence-corrected chi connectivity index (χ1v) is 7.31. The van der Waals surface area contributed by atoms with Crippen LogP contribution < -0.4 is 0 Å². The molecule has 1 unspecified atom stereocenters. The number of rotatable bonds is 4. The van der Waals surface area contributed by atoms with Crippen molar-refractivity contribution in [2.45, 2.75) is 26.2 Å². The molecule has 20 heavy (non-hydrogen) atoms. The minimum absolute atomic E-state index is 0.628. The third-order valence-corrected chi connectivity index (χ3v) is 4.06. The maximum Gasteiger partial charge on any atom is 0.155 e. The number of carbonyl (C=O) groups is 1. The predicted octanol–water partition coefficient (Wildman–Crippen LogP) is 1.82. The van der Waals surface area contributed by atoms with Crippen LogP contribution in [-0.4, -0.2) is 45.4 Å². The Bertz CT molecular complexity index is 607. The Balaban J connectivity index is 1.75. The predicted molar refractivity (Wildman–Crippen MR) is 76.9 cm³/mol. The number of likely N-dealkylation sites (tertiary alicyclic amines) is 1. The fraction of sp³-hybridized carbons (Fsp3) is 0.533. The van der Waals surface area contributed by atoms with Crippen LogP contribution in [-0.2, 0) is 6.42 Å². The zero-order valence-corrected chi connectivity index (χ0v) is 11.8. The van der Waals surface area contributed by atoms with Gasteiger partial charge in [0.05, 0.1) is 0 Å². The summed E-state index contributed by atoms with van der Waals surface area (Å²) in [6.07, 6.45) is 6.01. The van der Waals surface area contributed by atoms with Crippen LogP contribution >= 0.6 is 0 Å². The third kappa shape index (κ3) is 2.72. The van der Waals surface area contributed by atoms with Gasteiger partial charge in [-0.05, 0) is 44.0 Å². The second-order valence-electron chi connectivity index (χ2n) is 5.52. The number of fused-ring (bicyclic) bond motifs is 1. The summed E-state index contributed by atoms with van der Waals surface area (Å²) in [6, 6.07) is 3.62. The lowest BCUT2D eigenvalue weighted by Gasteiger charge is -2.31. The number of hydrogen-bond acceptors (Lipinski definition) is 4. The molecule has 3 rings (SSSR count). The summed E-state index contributed by atoms with van der Waals surface area (Å²) < 4.78 is 1.71. The summed E-state index contributed by atoms with van der Waals surface area (Å²) in [4.78, 5) is 17.8. The number of aromatic nitrogens is 3. The van der Waals surface area contributed by atoms with Crippen molar-refractivity contribution in [3.63, 3.8) is 0 Å². The van der Waals surface area contributed by atoms with Crippen LogP contribution in [0, 0.1) is 5.92 Å². The fourth-order valence-corrected chi connectivity index (χ4v) is 2.96. The van der Waals surface area contributed by atoms with E-state index in [4.69, 9.17) is 0 Å². The molecule has 106 valence electrons. The number of piperidine rings is 1. The highest BCUT2D eigenvalue weighted by Crippen LogP contribution is 2.19. The van der Waals surface area contributed by atoms with E-state index in [1.807, 2.05) is 6.07 Å². The highest BCUT2D eigenvalue weighted by Gasteiger charge is 2.20. The number of nitrogens with zero attached hydrogens (tertiary/aromatic N) is 4. The minimum atomic E-state index is 0.628. The molecule has 2 aromatic heterocycles. The number of pyridine rings is 1. The maximum absolute atomic E-state index is 10.8. The number of aldehydes is 1. The fourth-order valence-electron chi connectivity index (χ4n) is 2.96. The van der Waals surface area contributed by atoms with Gasteiger partial charge in [-0.1, -0.05) is 6.92 Å². The topological polar surface area (TPSA) is 50.5 Å². The van der Waals surface area contributed by atoms with Crippen molar-refractivity contribution in [1.82, 2.24) is 19.5 Å². The van der Waals surface area contributed by atoms with Crippen LogP contribution in [0.2, 0.25) is 0 Å². The smallest absolute Gasteiger partial charge is 0.155 e. The van der Waals surface area contributed by atoms with Crippen molar-refractivity contribution in [3.8, 4) is 0 Å². The minimum Gasteiger partial charge on any atom is -0.303 e. The Morgan fingerprint density at radius 2 is 2.35 bits per heavy atom. The van der Waals surface area contributed by atoms with E-state index < -0.39 is 0 Å². The molecule has 1 atom stereocenters. The molecular weight excluding hydrogens is 252 g/mol. The van der Waals surface area contributed by atoms with Crippen molar-refractivity contribution in [2.24, 2.45) is 5.92 Å². The van der Waals surface area contributed by atoms with Crippen molar-refractivity contribution < 1.29 is 4.79 Å². The first kappa shape index (κ1) is 13.2. The maximum atomic E-state index is 10.8. The second kappa shape index (κ2) is 5.71. The van der Waals surface area contributed by atoms with Gasteiger partial charge in [0.2, 0.25) is 0 Å². The molecule has 0 aliphatic carbocycles. The Hall–Kier alpha value is -1.75. The van der Waals surface area contributed by atoms with Gasteiger partial charge in [-0.2, -0.15) is 5.10 Å². The largest absolute Gasteiger partial charge is 0.303 e. The number of hydrogen-bond donors (Lipinski definition) is 0. The van der Waals surface area contributed by atoms with Gasteiger partial charge < -0.3 is 4.90 Å². The van der Waals surface area contributed by atoms with Gasteiger partial charge in [0.1, 0.15) is 0 Å². The first-order chi connectivity index (χ1) is 9.78. The van der Waals surface area contributed by atoms with Gasteiger partial charge in [0.15, 0.2) is 17.8 Å². The van der Waals surface area contributed by atoms with E-state index >= 15 is 0 Å². The van der Waals surface area contributed by atoms with E-state index in [0.29, 0.717) is 11.5 Å². The van der Waals surface area contributed by atoms with Crippen LogP contribution in [0.3, 0.4) is 0 Å². The Morgan fingerprint density at radius 3 is 3.15 bits per heavy atom. The molecule has 5 nitrogen and oxygen atoms in total. The van der Waals surface area contributed by atoms with Crippen molar-refractivity contribution in [2.75, 3.05) is 19.6 Å². The molecule has 1 fully saturated rings. The molecule has 0 aromatic carbocycles. The number of carbonyl (C=O) groups excluding carboxylic acids is 1. The summed E-state index contributed by atoms with van der Waals surface area (Å²) in [5.41, 5.74) is 1.44. The van der Waals surface area contributed by atoms with Gasteiger partial charge in [-0.3, -0.25) is 4.79 Å². The lowest BCUT2D eigenvalue weighted by atomic mass is 9.94. The first-order valence-electron chi connectivity index (χ1n) is 7.31. The second-order valence-corrected chi connectivity index (χ2v) is 5.52. The molecule has 5 heteroatoms. The monoisotopic (exact) mass is 272 g/mol. The van der Waals surface area contributed by atoms with E-state index in [1.54, 1.807) is 16.8 Å². The van der Waals surface area contributed by atoms with Crippen molar-refractivity contribution in [1.29, 1.82) is 0 Å². The molecule has 0 radical (unpaired) electrons. The Kier molecular flexibility index (Phi) is 3.78. The Morgan fingerprint density at radius 1 is 1.45 bits per heavy atom. The highest BCUT2D eigenvalue weighted by atomic mass is 16.1. The average molecular weight is 272 g/mol. The Labute approximate surface area is 118 Å². The molecule has 2 aromatic rings. The molecule has 0 bridgehead atoms. The molecular formula is C15H20N4O. The normalized spacial score (nSPS) is 20.4. The van der Waals surface area contributed by atoms with E-state index in [1.165, 1.54) is 19.4 Å². The summed E-state index contributed by atoms with van der Waals surface area (Å²) in [5, 5.41) is 4.49. The molecule has 1 aliphatic rings. The van der Waals surface area contributed by atoms with E-state index in [9.17, 15) is 4.79 Å². The molecule has 3 heterocycles. The van der Waals surface area contributed by atoms with Gasteiger partial charge in [0, 0.05) is 24.7 Å². The standard InChI is InChI=1S/C15H20N4O/c1-2-18-7-3-4-12(9-18)8-14-16-15-6-5-13(11-20)10-19(15)17-14/h5-6,10-12H,2-4,7-9H2,1H3. The van der Waals surface area contributed by atoms with Crippen LogP contribution in [0.4, 0.5) is 0 Å². The van der Waals surface area contributed by atoms with Crippen molar-refractivity contribution in [3.05, 3.63) is 29.7 Å². The van der Waals surface area contributed by atoms with Crippen LogP contribution in [0.25, 0.3) is 5.65 Å². The lowest BCUT2D eigenvalue weighted by molar-refractivity contribution is 0.112. The van der Waals surface area contributed by atoms with Gasteiger partial charge in [-0.25, -0.2) is 9.50 Å². The molecule has 0 saturated carbocycles. The molecule has 1 saturated heterocycles. The van der Waals surface area contributed by atoms with E-state index in [0.717, 1.165) is 37.3 Å². The molecule has 0 amide bonds. The highest BCUT2D eigenvalue weighted by molar-refractivity contribution is 5.74. The van der Waals surface area contributed by atoms with E-state index in [2.05, 4.69) is 21.9 Å². The third-order valence-electron chi connectivity index (χ3n) is 4.06. The summed E-state index contributed by atoms with van der Waals surface area (Å²) in [7, 11) is 0. The zero-order chi connectivity index (χ0) is 13.9. The molecule has 1 aliphatic heterocycles. The average Bonchev–Trinajstić information content (AvgIpc) is 2.88. The van der Waals surface area contributed by atoms with Gasteiger partial charge >= 0.3 is 0 Å². The summed E-state index contributed by atoms with van der Waals surface area (Å²) in [6.45, 7) is 5.70. The van der Waals surface area contributed by atoms with Crippen molar-refractivity contribution >= 4 is 11.9 Å². The van der Waals surface area contributed by atoms with Crippen LogP contribution in [0.1, 0.15) is 35.9 Å². The van der Waals surface area contributed by atoms with Crippen LogP contribution in [0.15, 0.2) is 18.3 Å². The quantitative estimate of drug-likeness (QED) is 0.797. The summed E-state index contributed by atoms with van der Waals surface area (Å²) in [5.74, 6) is 1.53. The summed E-state index contributed by atoms with van der Waals surface area (Å²) >= 11 is 0.